The van der Waals surface area contributed by atoms with Gasteiger partial charge in [-0.05, 0) is 31.4 Å². The van der Waals surface area contributed by atoms with Crippen LogP contribution in [-0.4, -0.2) is 28.6 Å². The Hall–Kier alpha value is -1.58. The van der Waals surface area contributed by atoms with Gasteiger partial charge in [0, 0.05) is 23.7 Å². The molecule has 1 heterocycles. The van der Waals surface area contributed by atoms with Crippen molar-refractivity contribution in [3.8, 4) is 0 Å². The zero-order valence-electron chi connectivity index (χ0n) is 13.5. The van der Waals surface area contributed by atoms with Crippen LogP contribution in [0.2, 0.25) is 0 Å². The average molecular weight is 290 g/mol. The Morgan fingerprint density at radius 1 is 1.38 bits per heavy atom. The van der Waals surface area contributed by atoms with Crippen LogP contribution in [-0.2, 0) is 5.41 Å². The van der Waals surface area contributed by atoms with Crippen LogP contribution in [0.4, 0.5) is 5.82 Å². The fourth-order valence-corrected chi connectivity index (χ4v) is 2.37. The summed E-state index contributed by atoms with van der Waals surface area (Å²) in [4.78, 5) is 18.5. The van der Waals surface area contributed by atoms with Gasteiger partial charge in [0.2, 0.25) is 0 Å². The summed E-state index contributed by atoms with van der Waals surface area (Å²) in [6, 6.07) is 3.98. The van der Waals surface area contributed by atoms with Crippen molar-refractivity contribution in [2.45, 2.75) is 64.8 Å². The van der Waals surface area contributed by atoms with Crippen molar-refractivity contribution in [1.82, 2.24) is 4.98 Å². The number of carboxylic acids is 1. The monoisotopic (exact) mass is 290 g/mol. The lowest BCUT2D eigenvalue weighted by atomic mass is 9.90. The van der Waals surface area contributed by atoms with E-state index in [1.807, 2.05) is 0 Å². The van der Waals surface area contributed by atoms with Crippen molar-refractivity contribution in [2.24, 2.45) is 0 Å². The predicted molar refractivity (Wildman–Crippen MR) is 85.2 cm³/mol. The van der Waals surface area contributed by atoms with Gasteiger partial charge in [-0.15, -0.1) is 0 Å². The van der Waals surface area contributed by atoms with E-state index in [2.05, 4.69) is 32.6 Å². The van der Waals surface area contributed by atoms with E-state index in [1.165, 1.54) is 12.8 Å². The highest BCUT2D eigenvalue weighted by Gasteiger charge is 2.31. The van der Waals surface area contributed by atoms with Gasteiger partial charge < -0.3 is 10.0 Å². The van der Waals surface area contributed by atoms with Crippen molar-refractivity contribution in [2.75, 3.05) is 11.4 Å². The van der Waals surface area contributed by atoms with Gasteiger partial charge in [0.25, 0.3) is 0 Å². The van der Waals surface area contributed by atoms with Crippen LogP contribution in [0.1, 0.15) is 69.4 Å². The number of nitrogens with zero attached hydrogens (tertiary/aromatic N) is 2. The predicted octanol–water partition coefficient (Wildman–Crippen LogP) is 3.85. The fraction of sp³-hybridized carbons (Fsp3) is 0.647. The molecule has 0 spiro atoms. The molecule has 0 radical (unpaired) electrons. The molecule has 0 amide bonds. The molecule has 0 saturated heterocycles. The van der Waals surface area contributed by atoms with Gasteiger partial charge in [-0.3, -0.25) is 0 Å². The van der Waals surface area contributed by atoms with E-state index in [-0.39, 0.29) is 5.41 Å². The van der Waals surface area contributed by atoms with Crippen LogP contribution in [0.3, 0.4) is 0 Å². The van der Waals surface area contributed by atoms with Crippen molar-refractivity contribution >= 4 is 11.8 Å². The van der Waals surface area contributed by atoms with Gasteiger partial charge in [-0.25, -0.2) is 9.78 Å². The first kappa shape index (κ1) is 15.8. The van der Waals surface area contributed by atoms with E-state index >= 15 is 0 Å². The third kappa shape index (κ3) is 3.96. The van der Waals surface area contributed by atoms with Crippen LogP contribution >= 0.6 is 0 Å². The lowest BCUT2D eigenvalue weighted by Crippen LogP contribution is -2.29. The number of pyridine rings is 1. The second-order valence-corrected chi connectivity index (χ2v) is 6.93. The Bertz CT molecular complexity index is 516. The van der Waals surface area contributed by atoms with Gasteiger partial charge in [-0.2, -0.15) is 0 Å². The molecule has 1 aromatic heterocycles. The summed E-state index contributed by atoms with van der Waals surface area (Å²) in [5, 5.41) is 9.37. The maximum Gasteiger partial charge on any atom is 0.335 e. The van der Waals surface area contributed by atoms with Crippen LogP contribution in [0.25, 0.3) is 0 Å². The molecule has 0 bridgehead atoms. The average Bonchev–Trinajstić information content (AvgIpc) is 3.22. The number of carbonyl (C=O) groups is 1. The van der Waals surface area contributed by atoms with Crippen molar-refractivity contribution in [3.05, 3.63) is 23.4 Å². The Labute approximate surface area is 127 Å². The maximum absolute atomic E-state index is 11.4. The minimum absolute atomic E-state index is 0.153. The van der Waals surface area contributed by atoms with Crippen molar-refractivity contribution in [1.29, 1.82) is 0 Å². The molecular formula is C17H26N2O2. The number of rotatable bonds is 6. The molecule has 0 atom stereocenters. The minimum atomic E-state index is -0.879. The molecule has 0 aliphatic heterocycles. The highest BCUT2D eigenvalue weighted by atomic mass is 16.4. The highest BCUT2D eigenvalue weighted by Crippen LogP contribution is 2.33. The van der Waals surface area contributed by atoms with Crippen LogP contribution in [0, 0.1) is 0 Å². The molecule has 21 heavy (non-hydrogen) atoms. The van der Waals surface area contributed by atoms with E-state index in [4.69, 9.17) is 4.98 Å². The standard InChI is InChI=1S/C17H26N2O2/c1-5-6-9-19(13-7-8-13)15-11-12(16(20)21)10-14(18-15)17(2,3)4/h10-11,13H,5-9H2,1-4H3,(H,20,21). The quantitative estimate of drug-likeness (QED) is 0.864. The summed E-state index contributed by atoms with van der Waals surface area (Å²) in [5.41, 5.74) is 1.03. The highest BCUT2D eigenvalue weighted by molar-refractivity contribution is 5.88. The number of hydrogen-bond donors (Lipinski definition) is 1. The summed E-state index contributed by atoms with van der Waals surface area (Å²) in [7, 11) is 0. The molecule has 1 saturated carbocycles. The van der Waals surface area contributed by atoms with E-state index in [0.29, 0.717) is 11.6 Å². The molecule has 2 rings (SSSR count). The third-order valence-electron chi connectivity index (χ3n) is 3.86. The van der Waals surface area contributed by atoms with E-state index in [0.717, 1.165) is 30.9 Å². The van der Waals surface area contributed by atoms with Crippen molar-refractivity contribution in [3.63, 3.8) is 0 Å². The first-order chi connectivity index (χ1) is 9.82. The van der Waals surface area contributed by atoms with E-state index < -0.39 is 5.97 Å². The zero-order chi connectivity index (χ0) is 15.6. The lowest BCUT2D eigenvalue weighted by Gasteiger charge is -2.26. The summed E-state index contributed by atoms with van der Waals surface area (Å²) in [6.45, 7) is 9.34. The smallest absolute Gasteiger partial charge is 0.335 e. The van der Waals surface area contributed by atoms with Gasteiger partial charge in [0.15, 0.2) is 0 Å². The summed E-state index contributed by atoms with van der Waals surface area (Å²) < 4.78 is 0. The molecule has 1 aromatic rings. The molecule has 1 N–H and O–H groups in total. The summed E-state index contributed by atoms with van der Waals surface area (Å²) >= 11 is 0. The van der Waals surface area contributed by atoms with E-state index in [1.54, 1.807) is 12.1 Å². The molecule has 4 heteroatoms. The normalized spacial score (nSPS) is 15.0. The maximum atomic E-state index is 11.4. The molecule has 116 valence electrons. The number of aromatic carboxylic acids is 1. The molecule has 1 aliphatic rings. The van der Waals surface area contributed by atoms with Crippen LogP contribution in [0.5, 0.6) is 0 Å². The molecule has 0 unspecified atom stereocenters. The SMILES string of the molecule is CCCCN(c1cc(C(=O)O)cc(C(C)(C)C)n1)C1CC1. The second-order valence-electron chi connectivity index (χ2n) is 6.93. The van der Waals surface area contributed by atoms with Gasteiger partial charge in [-0.1, -0.05) is 34.1 Å². The van der Waals surface area contributed by atoms with E-state index in [9.17, 15) is 9.90 Å². The van der Waals surface area contributed by atoms with Crippen molar-refractivity contribution < 1.29 is 9.90 Å². The first-order valence-corrected chi connectivity index (χ1v) is 7.85. The third-order valence-corrected chi connectivity index (χ3v) is 3.86. The molecule has 1 fully saturated rings. The Kier molecular flexibility index (Phi) is 4.55. The number of carboxylic acid groups (broad SMARTS) is 1. The second kappa shape index (κ2) is 6.04. The number of anilines is 1. The van der Waals surface area contributed by atoms with Crippen LogP contribution in [0.15, 0.2) is 12.1 Å². The Morgan fingerprint density at radius 2 is 2.05 bits per heavy atom. The summed E-state index contributed by atoms with van der Waals surface area (Å²) in [6.07, 6.45) is 4.62. The molecule has 4 nitrogen and oxygen atoms in total. The minimum Gasteiger partial charge on any atom is -0.478 e. The number of unbranched alkanes of at least 4 members (excludes halogenated alkanes) is 1. The zero-order valence-corrected chi connectivity index (χ0v) is 13.5. The number of hydrogen-bond acceptors (Lipinski definition) is 3. The topological polar surface area (TPSA) is 53.4 Å². The Morgan fingerprint density at radius 3 is 2.52 bits per heavy atom. The van der Waals surface area contributed by atoms with Gasteiger partial charge >= 0.3 is 5.97 Å². The lowest BCUT2D eigenvalue weighted by molar-refractivity contribution is 0.0696. The number of aromatic nitrogens is 1. The fourth-order valence-electron chi connectivity index (χ4n) is 2.37. The Balaban J connectivity index is 2.40. The van der Waals surface area contributed by atoms with Gasteiger partial charge in [0.05, 0.1) is 5.56 Å². The molecule has 1 aliphatic carbocycles. The van der Waals surface area contributed by atoms with Gasteiger partial charge in [0.1, 0.15) is 5.82 Å². The summed E-state index contributed by atoms with van der Waals surface area (Å²) in [5.74, 6) is -0.0498. The largest absolute Gasteiger partial charge is 0.478 e. The molecule has 0 aromatic carbocycles. The first-order valence-electron chi connectivity index (χ1n) is 7.85. The van der Waals surface area contributed by atoms with Crippen LogP contribution < -0.4 is 4.90 Å². The molecular weight excluding hydrogens is 264 g/mol.